The molecule has 1 unspecified atom stereocenters. The molecule has 0 amide bonds. The quantitative estimate of drug-likeness (QED) is 0.808. The second-order valence-corrected chi connectivity index (χ2v) is 8.18. The van der Waals surface area contributed by atoms with Gasteiger partial charge in [-0.05, 0) is 24.0 Å². The molecule has 0 saturated carbocycles. The lowest BCUT2D eigenvalue weighted by molar-refractivity contribution is -0.000472. The Morgan fingerprint density at radius 3 is 2.25 bits per heavy atom. The molecular weight excluding hydrogens is 322 g/mol. The van der Waals surface area contributed by atoms with Gasteiger partial charge in [0.1, 0.15) is 0 Å². The predicted octanol–water partition coefficient (Wildman–Crippen LogP) is 2.50. The molecule has 1 fully saturated rings. The second-order valence-electron chi connectivity index (χ2n) is 6.09. The summed E-state index contributed by atoms with van der Waals surface area (Å²) in [6.45, 7) is 1.34. The van der Waals surface area contributed by atoms with Crippen molar-refractivity contribution in [1.29, 1.82) is 0 Å². The Morgan fingerprint density at radius 2 is 1.58 bits per heavy atom. The number of aryl methyl sites for hydroxylation is 1. The van der Waals surface area contributed by atoms with Gasteiger partial charge in [-0.1, -0.05) is 60.7 Å². The van der Waals surface area contributed by atoms with E-state index >= 15 is 0 Å². The number of morpholine rings is 1. The summed E-state index contributed by atoms with van der Waals surface area (Å²) >= 11 is 0. The highest BCUT2D eigenvalue weighted by atomic mass is 32.2. The van der Waals surface area contributed by atoms with Crippen molar-refractivity contribution in [3.8, 4) is 0 Å². The summed E-state index contributed by atoms with van der Waals surface area (Å²) in [4.78, 5) is 0. The number of nitrogens with zero attached hydrogens (tertiary/aromatic N) is 1. The maximum atomic E-state index is 12.6. The summed E-state index contributed by atoms with van der Waals surface area (Å²) in [5.41, 5.74) is 2.22. The van der Waals surface area contributed by atoms with Crippen molar-refractivity contribution < 1.29 is 13.2 Å². The maximum Gasteiger partial charge on any atom is 0.214 e. The van der Waals surface area contributed by atoms with E-state index in [9.17, 15) is 8.42 Å². The van der Waals surface area contributed by atoms with Gasteiger partial charge in [0.25, 0.3) is 0 Å². The Bertz CT molecular complexity index is 732. The van der Waals surface area contributed by atoms with Gasteiger partial charge in [-0.2, -0.15) is 4.31 Å². The number of sulfonamides is 1. The molecule has 24 heavy (non-hydrogen) atoms. The van der Waals surface area contributed by atoms with E-state index < -0.39 is 10.0 Å². The van der Waals surface area contributed by atoms with Crippen molar-refractivity contribution in [3.05, 3.63) is 71.8 Å². The normalized spacial score (nSPS) is 19.2. The monoisotopic (exact) mass is 345 g/mol. The van der Waals surface area contributed by atoms with Crippen LogP contribution in [-0.4, -0.2) is 44.3 Å². The van der Waals surface area contributed by atoms with Gasteiger partial charge >= 0.3 is 0 Å². The minimum absolute atomic E-state index is 0.0762. The largest absolute Gasteiger partial charge is 0.375 e. The van der Waals surface area contributed by atoms with Crippen molar-refractivity contribution in [1.82, 2.24) is 4.31 Å². The molecule has 1 saturated heterocycles. The molecule has 2 aromatic carbocycles. The molecule has 0 aliphatic carbocycles. The molecule has 0 N–H and O–H groups in total. The number of ether oxygens (including phenoxy) is 1. The molecule has 1 heterocycles. The molecule has 0 aromatic heterocycles. The molecule has 0 spiro atoms. The first kappa shape index (κ1) is 17.1. The zero-order valence-corrected chi connectivity index (χ0v) is 14.5. The number of hydrogen-bond donors (Lipinski definition) is 0. The molecule has 1 aliphatic rings. The van der Waals surface area contributed by atoms with Gasteiger partial charge in [-0.15, -0.1) is 0 Å². The van der Waals surface area contributed by atoms with Gasteiger partial charge in [0, 0.05) is 13.1 Å². The van der Waals surface area contributed by atoms with Crippen molar-refractivity contribution in [2.24, 2.45) is 0 Å². The molecule has 0 radical (unpaired) electrons. The highest BCUT2D eigenvalue weighted by Crippen LogP contribution is 2.16. The van der Waals surface area contributed by atoms with Gasteiger partial charge < -0.3 is 4.74 Å². The number of hydrogen-bond acceptors (Lipinski definition) is 3. The molecular formula is C19H23NO3S. The summed E-state index contributed by atoms with van der Waals surface area (Å²) in [6, 6.07) is 19.8. The summed E-state index contributed by atoms with van der Waals surface area (Å²) in [5.74, 6) is 0.148. The third-order valence-electron chi connectivity index (χ3n) is 4.29. The fraction of sp³-hybridized carbons (Fsp3) is 0.368. The van der Waals surface area contributed by atoms with Gasteiger partial charge in [0.15, 0.2) is 0 Å². The first-order chi connectivity index (χ1) is 11.6. The van der Waals surface area contributed by atoms with Gasteiger partial charge in [0.05, 0.1) is 18.5 Å². The zero-order chi connectivity index (χ0) is 16.8. The first-order valence-electron chi connectivity index (χ1n) is 8.31. The lowest BCUT2D eigenvalue weighted by Crippen LogP contribution is -2.47. The van der Waals surface area contributed by atoms with Gasteiger partial charge in [-0.3, -0.25) is 0 Å². The van der Waals surface area contributed by atoms with Crippen LogP contribution in [0.4, 0.5) is 0 Å². The van der Waals surface area contributed by atoms with Crippen molar-refractivity contribution in [3.63, 3.8) is 0 Å². The topological polar surface area (TPSA) is 46.6 Å². The Balaban J connectivity index is 1.58. The van der Waals surface area contributed by atoms with Crippen LogP contribution in [-0.2, 0) is 27.6 Å². The minimum Gasteiger partial charge on any atom is -0.375 e. The van der Waals surface area contributed by atoms with Crippen LogP contribution in [0.5, 0.6) is 0 Å². The van der Waals surface area contributed by atoms with Crippen molar-refractivity contribution in [2.75, 3.05) is 25.4 Å². The van der Waals surface area contributed by atoms with E-state index in [1.54, 1.807) is 4.31 Å². The molecule has 2 aromatic rings. The van der Waals surface area contributed by atoms with Gasteiger partial charge in [-0.25, -0.2) is 8.42 Å². The molecule has 4 nitrogen and oxygen atoms in total. The Hall–Kier alpha value is -1.69. The number of rotatable bonds is 6. The molecule has 1 atom stereocenters. The highest BCUT2D eigenvalue weighted by Gasteiger charge is 2.29. The van der Waals surface area contributed by atoms with E-state index in [4.69, 9.17) is 4.74 Å². The zero-order valence-electron chi connectivity index (χ0n) is 13.7. The van der Waals surface area contributed by atoms with E-state index in [1.807, 2.05) is 60.7 Å². The Kier molecular flexibility index (Phi) is 5.66. The highest BCUT2D eigenvalue weighted by molar-refractivity contribution is 7.89. The molecule has 128 valence electrons. The van der Waals surface area contributed by atoms with E-state index in [0.29, 0.717) is 26.1 Å². The smallest absolute Gasteiger partial charge is 0.214 e. The molecule has 5 heteroatoms. The van der Waals surface area contributed by atoms with Crippen LogP contribution in [0.25, 0.3) is 0 Å². The van der Waals surface area contributed by atoms with Crippen molar-refractivity contribution in [2.45, 2.75) is 18.9 Å². The van der Waals surface area contributed by atoms with Crippen LogP contribution in [0.3, 0.4) is 0 Å². The first-order valence-corrected chi connectivity index (χ1v) is 9.92. The fourth-order valence-corrected chi connectivity index (χ4v) is 4.46. The molecule has 3 rings (SSSR count). The maximum absolute atomic E-state index is 12.6. The summed E-state index contributed by atoms with van der Waals surface area (Å²) in [6.07, 6.45) is 1.21. The lowest BCUT2D eigenvalue weighted by Gasteiger charge is -2.32. The SMILES string of the molecule is O=S(=O)(CCc1ccccc1)N1CCOC(Cc2ccccc2)C1. The van der Waals surface area contributed by atoms with Crippen LogP contribution in [0, 0.1) is 0 Å². The second kappa shape index (κ2) is 7.92. The summed E-state index contributed by atoms with van der Waals surface area (Å²) in [7, 11) is -3.25. The standard InChI is InChI=1S/C19H23NO3S/c21-24(22,14-11-17-7-3-1-4-8-17)20-12-13-23-19(16-20)15-18-9-5-2-6-10-18/h1-10,19H,11-16H2. The van der Waals surface area contributed by atoms with Crippen LogP contribution < -0.4 is 0 Å². The minimum atomic E-state index is -3.25. The average Bonchev–Trinajstić information content (AvgIpc) is 2.62. The van der Waals surface area contributed by atoms with Crippen molar-refractivity contribution >= 4 is 10.0 Å². The lowest BCUT2D eigenvalue weighted by atomic mass is 10.1. The van der Waals surface area contributed by atoms with Crippen LogP contribution >= 0.6 is 0 Å². The third-order valence-corrected chi connectivity index (χ3v) is 6.13. The summed E-state index contributed by atoms with van der Waals surface area (Å²) < 4.78 is 32.6. The van der Waals surface area contributed by atoms with Crippen LogP contribution in [0.2, 0.25) is 0 Å². The van der Waals surface area contributed by atoms with E-state index in [-0.39, 0.29) is 11.9 Å². The average molecular weight is 345 g/mol. The fourth-order valence-electron chi connectivity index (χ4n) is 2.97. The Morgan fingerprint density at radius 1 is 0.958 bits per heavy atom. The van der Waals surface area contributed by atoms with Crippen LogP contribution in [0.15, 0.2) is 60.7 Å². The molecule has 0 bridgehead atoms. The van der Waals surface area contributed by atoms with E-state index in [1.165, 1.54) is 5.56 Å². The van der Waals surface area contributed by atoms with Crippen LogP contribution in [0.1, 0.15) is 11.1 Å². The van der Waals surface area contributed by atoms with E-state index in [0.717, 1.165) is 12.0 Å². The Labute approximate surface area is 144 Å². The third kappa shape index (κ3) is 4.66. The van der Waals surface area contributed by atoms with Gasteiger partial charge in [0.2, 0.25) is 10.0 Å². The summed E-state index contributed by atoms with van der Waals surface area (Å²) in [5, 5.41) is 0. The van der Waals surface area contributed by atoms with E-state index in [2.05, 4.69) is 0 Å². The molecule has 1 aliphatic heterocycles. The number of benzene rings is 2. The predicted molar refractivity (Wildman–Crippen MR) is 95.4 cm³/mol.